The van der Waals surface area contributed by atoms with Gasteiger partial charge < -0.3 is 10.4 Å². The molecule has 0 aromatic heterocycles. The van der Waals surface area contributed by atoms with E-state index in [-0.39, 0.29) is 5.91 Å². The summed E-state index contributed by atoms with van der Waals surface area (Å²) in [5.74, 6) is -1.42. The molecular formula is C10H10INO3. The standard InChI is InChI=1S/C10H10INO3/c1-6(13)12-9(10(14)15)7-2-4-8(11)5-3-7/h2-5,9H,1H3,(H,12,13)(H,14,15)/t9-/m1/s1. The first-order chi connectivity index (χ1) is 7.00. The van der Waals surface area contributed by atoms with E-state index in [2.05, 4.69) is 27.9 Å². The summed E-state index contributed by atoms with van der Waals surface area (Å²) in [6.07, 6.45) is 0. The Balaban J connectivity index is 2.94. The summed E-state index contributed by atoms with van der Waals surface area (Å²) in [4.78, 5) is 21.7. The van der Waals surface area contributed by atoms with Crippen LogP contribution in [0, 0.1) is 3.57 Å². The number of amides is 1. The first-order valence-corrected chi connectivity index (χ1v) is 5.34. The van der Waals surface area contributed by atoms with Gasteiger partial charge in [-0.15, -0.1) is 0 Å². The number of carboxylic acids is 1. The van der Waals surface area contributed by atoms with Gasteiger partial charge in [-0.05, 0) is 40.3 Å². The number of carbonyl (C=O) groups is 2. The monoisotopic (exact) mass is 319 g/mol. The first kappa shape index (κ1) is 12.0. The Kier molecular flexibility index (Phi) is 4.07. The van der Waals surface area contributed by atoms with E-state index >= 15 is 0 Å². The van der Waals surface area contributed by atoms with Crippen LogP contribution in [0.4, 0.5) is 0 Å². The van der Waals surface area contributed by atoms with Crippen molar-refractivity contribution in [3.63, 3.8) is 0 Å². The maximum Gasteiger partial charge on any atom is 0.330 e. The van der Waals surface area contributed by atoms with Crippen LogP contribution in [0.15, 0.2) is 24.3 Å². The third-order valence-corrected chi connectivity index (χ3v) is 2.52. The topological polar surface area (TPSA) is 66.4 Å². The molecule has 15 heavy (non-hydrogen) atoms. The molecule has 80 valence electrons. The quantitative estimate of drug-likeness (QED) is 0.831. The van der Waals surface area contributed by atoms with Crippen LogP contribution in [-0.4, -0.2) is 17.0 Å². The summed E-state index contributed by atoms with van der Waals surface area (Å²) in [5, 5.41) is 11.3. The summed E-state index contributed by atoms with van der Waals surface area (Å²) >= 11 is 2.13. The van der Waals surface area contributed by atoms with E-state index in [0.29, 0.717) is 5.56 Å². The van der Waals surface area contributed by atoms with E-state index in [4.69, 9.17) is 5.11 Å². The molecule has 5 heteroatoms. The molecule has 0 aliphatic carbocycles. The van der Waals surface area contributed by atoms with Gasteiger partial charge in [-0.25, -0.2) is 4.79 Å². The molecule has 1 rings (SSSR count). The van der Waals surface area contributed by atoms with Gasteiger partial charge >= 0.3 is 5.97 Å². The highest BCUT2D eigenvalue weighted by Crippen LogP contribution is 2.15. The van der Waals surface area contributed by atoms with Crippen molar-refractivity contribution >= 4 is 34.5 Å². The van der Waals surface area contributed by atoms with Crippen molar-refractivity contribution in [3.05, 3.63) is 33.4 Å². The number of hydrogen-bond donors (Lipinski definition) is 2. The Hall–Kier alpha value is -1.11. The number of aliphatic carboxylic acids is 1. The molecule has 1 amide bonds. The second kappa shape index (κ2) is 5.11. The minimum atomic E-state index is -1.06. The number of halogens is 1. The van der Waals surface area contributed by atoms with Crippen LogP contribution in [0.5, 0.6) is 0 Å². The Labute approximate surface area is 101 Å². The number of rotatable bonds is 3. The molecule has 0 saturated heterocycles. The van der Waals surface area contributed by atoms with E-state index in [1.807, 2.05) is 0 Å². The molecule has 0 unspecified atom stereocenters. The summed E-state index contributed by atoms with van der Waals surface area (Å²) in [5.41, 5.74) is 0.568. The predicted octanol–water partition coefficient (Wildman–Crippen LogP) is 1.55. The van der Waals surface area contributed by atoms with E-state index in [9.17, 15) is 9.59 Å². The smallest absolute Gasteiger partial charge is 0.330 e. The Morgan fingerprint density at radius 2 is 1.87 bits per heavy atom. The minimum absolute atomic E-state index is 0.360. The van der Waals surface area contributed by atoms with E-state index in [1.165, 1.54) is 6.92 Å². The van der Waals surface area contributed by atoms with Gasteiger partial charge in [0.25, 0.3) is 0 Å². The molecule has 1 aromatic rings. The Morgan fingerprint density at radius 1 is 1.33 bits per heavy atom. The van der Waals surface area contributed by atoms with Crippen LogP contribution in [-0.2, 0) is 9.59 Å². The van der Waals surface area contributed by atoms with Crippen LogP contribution in [0.3, 0.4) is 0 Å². The average Bonchev–Trinajstić information content (AvgIpc) is 2.15. The van der Waals surface area contributed by atoms with Crippen molar-refractivity contribution in [2.45, 2.75) is 13.0 Å². The number of nitrogens with one attached hydrogen (secondary N) is 1. The third kappa shape index (κ3) is 3.50. The van der Waals surface area contributed by atoms with Gasteiger partial charge in [0.2, 0.25) is 5.91 Å². The molecule has 1 atom stereocenters. The molecule has 2 N–H and O–H groups in total. The summed E-state index contributed by atoms with van der Waals surface area (Å²) < 4.78 is 1.02. The largest absolute Gasteiger partial charge is 0.479 e. The summed E-state index contributed by atoms with van der Waals surface area (Å²) in [7, 11) is 0. The van der Waals surface area contributed by atoms with Crippen molar-refractivity contribution < 1.29 is 14.7 Å². The highest BCUT2D eigenvalue weighted by Gasteiger charge is 2.20. The van der Waals surface area contributed by atoms with Crippen molar-refractivity contribution in [3.8, 4) is 0 Å². The number of carbonyl (C=O) groups excluding carboxylic acids is 1. The molecule has 0 aliphatic heterocycles. The second-order valence-corrected chi connectivity index (χ2v) is 4.27. The average molecular weight is 319 g/mol. The first-order valence-electron chi connectivity index (χ1n) is 4.26. The number of carboxylic acid groups (broad SMARTS) is 1. The van der Waals surface area contributed by atoms with Gasteiger partial charge in [0.1, 0.15) is 0 Å². The Bertz CT molecular complexity index is 375. The molecule has 0 heterocycles. The van der Waals surface area contributed by atoms with Crippen LogP contribution in [0.2, 0.25) is 0 Å². The molecule has 0 saturated carbocycles. The lowest BCUT2D eigenvalue weighted by Gasteiger charge is -2.13. The Morgan fingerprint density at radius 3 is 2.27 bits per heavy atom. The van der Waals surface area contributed by atoms with Crippen molar-refractivity contribution in [2.75, 3.05) is 0 Å². The normalized spacial score (nSPS) is 11.9. The molecule has 4 nitrogen and oxygen atoms in total. The van der Waals surface area contributed by atoms with Crippen LogP contribution < -0.4 is 5.32 Å². The zero-order valence-corrected chi connectivity index (χ0v) is 10.2. The highest BCUT2D eigenvalue weighted by atomic mass is 127. The summed E-state index contributed by atoms with van der Waals surface area (Å²) in [6, 6.07) is 6.01. The van der Waals surface area contributed by atoms with Crippen LogP contribution in [0.1, 0.15) is 18.5 Å². The second-order valence-electron chi connectivity index (χ2n) is 3.02. The van der Waals surface area contributed by atoms with Crippen molar-refractivity contribution in [1.29, 1.82) is 0 Å². The van der Waals surface area contributed by atoms with Gasteiger partial charge in [0, 0.05) is 10.5 Å². The fourth-order valence-electron chi connectivity index (χ4n) is 1.15. The third-order valence-electron chi connectivity index (χ3n) is 1.80. The van der Waals surface area contributed by atoms with Gasteiger partial charge in [0.05, 0.1) is 0 Å². The van der Waals surface area contributed by atoms with Gasteiger partial charge in [0.15, 0.2) is 6.04 Å². The van der Waals surface area contributed by atoms with Crippen molar-refractivity contribution in [2.24, 2.45) is 0 Å². The molecule has 0 bridgehead atoms. The fourth-order valence-corrected chi connectivity index (χ4v) is 1.51. The van der Waals surface area contributed by atoms with E-state index < -0.39 is 12.0 Å². The van der Waals surface area contributed by atoms with Gasteiger partial charge in [-0.2, -0.15) is 0 Å². The molecule has 0 fully saturated rings. The zero-order valence-electron chi connectivity index (χ0n) is 8.03. The lowest BCUT2D eigenvalue weighted by Crippen LogP contribution is -2.31. The van der Waals surface area contributed by atoms with Gasteiger partial charge in [-0.1, -0.05) is 12.1 Å². The molecule has 1 aromatic carbocycles. The van der Waals surface area contributed by atoms with E-state index in [1.54, 1.807) is 24.3 Å². The molecule has 0 spiro atoms. The molecular weight excluding hydrogens is 309 g/mol. The summed E-state index contributed by atoms with van der Waals surface area (Å²) in [6.45, 7) is 1.29. The maximum absolute atomic E-state index is 10.9. The maximum atomic E-state index is 10.9. The fraction of sp³-hybridized carbons (Fsp3) is 0.200. The predicted molar refractivity (Wildman–Crippen MR) is 63.4 cm³/mol. The van der Waals surface area contributed by atoms with Crippen LogP contribution in [0.25, 0.3) is 0 Å². The van der Waals surface area contributed by atoms with Crippen molar-refractivity contribution in [1.82, 2.24) is 5.32 Å². The lowest BCUT2D eigenvalue weighted by molar-refractivity contribution is -0.141. The molecule has 0 radical (unpaired) electrons. The van der Waals surface area contributed by atoms with Crippen LogP contribution >= 0.6 is 22.6 Å². The minimum Gasteiger partial charge on any atom is -0.479 e. The SMILES string of the molecule is CC(=O)N[C@@H](C(=O)O)c1ccc(I)cc1. The van der Waals surface area contributed by atoms with E-state index in [0.717, 1.165) is 3.57 Å². The highest BCUT2D eigenvalue weighted by molar-refractivity contribution is 14.1. The molecule has 0 aliphatic rings. The zero-order chi connectivity index (χ0) is 11.4. The number of hydrogen-bond acceptors (Lipinski definition) is 2. The van der Waals surface area contributed by atoms with Gasteiger partial charge in [-0.3, -0.25) is 4.79 Å². The number of benzene rings is 1. The lowest BCUT2D eigenvalue weighted by atomic mass is 10.1.